The second-order valence-corrected chi connectivity index (χ2v) is 11.7. The summed E-state index contributed by atoms with van der Waals surface area (Å²) in [6.07, 6.45) is 1.90. The zero-order valence-corrected chi connectivity index (χ0v) is 23.9. The Bertz CT molecular complexity index is 1790. The SMILES string of the molecule is COc1cc([C@H]2C3=CCn4c(=O)n(C)c(=O)n4[C@@H]3C[C@H]3C(=O)N(c4ccc(F)c(Cl)c4)C(=O)[C@@]23C)cc(Br)c1O. The molecule has 1 aromatic heterocycles. The molecule has 1 saturated carbocycles. The van der Waals surface area contributed by atoms with Gasteiger partial charge in [0.1, 0.15) is 5.82 Å². The lowest BCUT2D eigenvalue weighted by molar-refractivity contribution is -0.129. The van der Waals surface area contributed by atoms with Crippen LogP contribution in [0.3, 0.4) is 0 Å². The molecule has 3 aliphatic rings. The topological polar surface area (TPSA) is 116 Å². The van der Waals surface area contributed by atoms with Crippen molar-refractivity contribution in [2.45, 2.75) is 31.8 Å². The fraction of sp³-hybridized carbons (Fsp3) is 0.333. The van der Waals surface area contributed by atoms with E-state index >= 15 is 0 Å². The van der Waals surface area contributed by atoms with Crippen molar-refractivity contribution in [2.24, 2.45) is 18.4 Å². The van der Waals surface area contributed by atoms with E-state index in [1.807, 2.05) is 6.08 Å². The first kappa shape index (κ1) is 26.6. The molecule has 6 rings (SSSR count). The van der Waals surface area contributed by atoms with Crippen LogP contribution in [0.15, 0.2) is 56.0 Å². The van der Waals surface area contributed by atoms with Gasteiger partial charge in [0.25, 0.3) is 0 Å². The number of hydrogen-bond acceptors (Lipinski definition) is 6. The number of carbonyl (C=O) groups is 2. The van der Waals surface area contributed by atoms with Crippen LogP contribution >= 0.6 is 27.5 Å². The van der Waals surface area contributed by atoms with Crippen molar-refractivity contribution in [3.8, 4) is 11.5 Å². The number of phenolic OH excluding ortho intramolecular Hbond substituents is 1. The van der Waals surface area contributed by atoms with E-state index in [0.717, 1.165) is 15.5 Å². The largest absolute Gasteiger partial charge is 0.503 e. The Balaban J connectivity index is 1.61. The molecule has 1 aliphatic carbocycles. The second-order valence-electron chi connectivity index (χ2n) is 10.4. The summed E-state index contributed by atoms with van der Waals surface area (Å²) in [5.74, 6) is -3.38. The number of allylic oxidation sites excluding steroid dienone is 2. The number of aromatic hydroxyl groups is 1. The molecule has 4 atom stereocenters. The first-order valence-corrected chi connectivity index (χ1v) is 13.6. The molecule has 0 bridgehead atoms. The van der Waals surface area contributed by atoms with Gasteiger partial charge in [-0.2, -0.15) is 0 Å². The summed E-state index contributed by atoms with van der Waals surface area (Å²) in [5, 5.41) is 10.3. The Morgan fingerprint density at radius 3 is 2.55 bits per heavy atom. The van der Waals surface area contributed by atoms with Crippen LogP contribution in [-0.4, -0.2) is 38.0 Å². The maximum Gasteiger partial charge on any atom is 0.347 e. The fourth-order valence-corrected chi connectivity index (χ4v) is 7.19. The molecule has 2 fully saturated rings. The maximum absolute atomic E-state index is 14.3. The highest BCUT2D eigenvalue weighted by molar-refractivity contribution is 9.10. The molecule has 0 radical (unpaired) electrons. The Morgan fingerprint density at radius 1 is 1.15 bits per heavy atom. The number of amides is 2. The first-order chi connectivity index (χ1) is 18.9. The average molecular weight is 634 g/mol. The van der Waals surface area contributed by atoms with E-state index in [-0.39, 0.29) is 35.2 Å². The van der Waals surface area contributed by atoms with Gasteiger partial charge >= 0.3 is 11.4 Å². The third-order valence-corrected chi connectivity index (χ3v) is 9.39. The van der Waals surface area contributed by atoms with E-state index in [2.05, 4.69) is 15.9 Å². The van der Waals surface area contributed by atoms with Crippen molar-refractivity contribution in [3.05, 3.63) is 83.8 Å². The number of carbonyl (C=O) groups excluding carboxylic acids is 2. The average Bonchev–Trinajstić information content (AvgIpc) is 3.26. The lowest BCUT2D eigenvalue weighted by Crippen LogP contribution is -2.49. The quantitative estimate of drug-likeness (QED) is 0.349. The van der Waals surface area contributed by atoms with E-state index in [0.29, 0.717) is 15.6 Å². The van der Waals surface area contributed by atoms with Gasteiger partial charge in [0.2, 0.25) is 11.8 Å². The number of imide groups is 1. The third kappa shape index (κ3) is 3.38. The second kappa shape index (κ2) is 8.93. The first-order valence-electron chi connectivity index (χ1n) is 12.4. The molecule has 2 aliphatic heterocycles. The summed E-state index contributed by atoms with van der Waals surface area (Å²) in [7, 11) is 2.78. The molecule has 3 heterocycles. The minimum atomic E-state index is -1.34. The predicted molar refractivity (Wildman–Crippen MR) is 146 cm³/mol. The number of phenols is 1. The molecule has 0 spiro atoms. The number of benzene rings is 2. The van der Waals surface area contributed by atoms with Crippen molar-refractivity contribution in [1.29, 1.82) is 0 Å². The highest BCUT2D eigenvalue weighted by Crippen LogP contribution is 2.62. The summed E-state index contributed by atoms with van der Waals surface area (Å²) >= 11 is 9.36. The number of aromatic nitrogens is 3. The van der Waals surface area contributed by atoms with Crippen molar-refractivity contribution in [3.63, 3.8) is 0 Å². The number of anilines is 1. The number of nitrogens with zero attached hydrogens (tertiary/aromatic N) is 4. The van der Waals surface area contributed by atoms with Crippen molar-refractivity contribution >= 4 is 45.0 Å². The van der Waals surface area contributed by atoms with Gasteiger partial charge in [0.05, 0.1) is 46.2 Å². The van der Waals surface area contributed by atoms with Gasteiger partial charge in [-0.25, -0.2) is 32.8 Å². The van der Waals surface area contributed by atoms with Gasteiger partial charge in [0, 0.05) is 13.0 Å². The van der Waals surface area contributed by atoms with E-state index in [1.165, 1.54) is 35.7 Å². The standard InChI is InChI=1S/C27H23BrClFN4O6/c1-27-15(23(36)33(24(27)37)13-4-5-18(30)17(29)10-13)11-19-14(6-7-32-25(38)31(2)26(39)34(19)32)21(27)12-8-16(28)22(35)20(9-12)40-3/h4-6,8-10,15,19,21,35H,7,11H2,1-3H3/t15-,19+,21-,27+/m0/s1. The van der Waals surface area contributed by atoms with Crippen LogP contribution in [0.4, 0.5) is 10.1 Å². The number of hydrogen-bond donors (Lipinski definition) is 1. The van der Waals surface area contributed by atoms with Crippen LogP contribution in [0, 0.1) is 17.2 Å². The minimum absolute atomic E-state index is 0.0780. The molecule has 40 heavy (non-hydrogen) atoms. The molecule has 1 N–H and O–H groups in total. The molecule has 10 nitrogen and oxygen atoms in total. The number of halogens is 3. The summed E-state index contributed by atoms with van der Waals surface area (Å²) in [4.78, 5) is 55.4. The van der Waals surface area contributed by atoms with Gasteiger partial charge < -0.3 is 9.84 Å². The summed E-state index contributed by atoms with van der Waals surface area (Å²) < 4.78 is 23.3. The van der Waals surface area contributed by atoms with E-state index < -0.39 is 52.3 Å². The van der Waals surface area contributed by atoms with Gasteiger partial charge in [-0.1, -0.05) is 17.7 Å². The molecule has 2 amide bonds. The van der Waals surface area contributed by atoms with E-state index in [1.54, 1.807) is 19.1 Å². The van der Waals surface area contributed by atoms with Crippen molar-refractivity contribution < 1.29 is 23.8 Å². The number of ether oxygens (including phenoxy) is 1. The molecule has 13 heteroatoms. The number of methoxy groups -OCH3 is 1. The Hall–Kier alpha value is -3.64. The summed E-state index contributed by atoms with van der Waals surface area (Å²) in [6.45, 7) is 1.79. The van der Waals surface area contributed by atoms with Crippen LogP contribution < -0.4 is 21.0 Å². The monoisotopic (exact) mass is 632 g/mol. The molecule has 1 saturated heterocycles. The normalized spacial score (nSPS) is 25.4. The smallest absolute Gasteiger partial charge is 0.347 e. The fourth-order valence-electron chi connectivity index (χ4n) is 6.55. The van der Waals surface area contributed by atoms with Gasteiger partial charge in [0.15, 0.2) is 11.5 Å². The lowest BCUT2D eigenvalue weighted by Gasteiger charge is -2.47. The number of rotatable bonds is 3. The Labute approximate surface area is 239 Å². The van der Waals surface area contributed by atoms with Crippen LogP contribution in [0.25, 0.3) is 0 Å². The predicted octanol–water partition coefficient (Wildman–Crippen LogP) is 3.48. The third-order valence-electron chi connectivity index (χ3n) is 8.49. The Morgan fingerprint density at radius 2 is 1.88 bits per heavy atom. The highest BCUT2D eigenvalue weighted by Gasteiger charge is 2.65. The van der Waals surface area contributed by atoms with Gasteiger partial charge in [-0.05, 0) is 70.7 Å². The zero-order valence-electron chi connectivity index (χ0n) is 21.5. The van der Waals surface area contributed by atoms with Crippen LogP contribution in [-0.2, 0) is 23.2 Å². The zero-order chi connectivity index (χ0) is 28.8. The van der Waals surface area contributed by atoms with E-state index in [4.69, 9.17) is 16.3 Å². The molecule has 208 valence electrons. The summed E-state index contributed by atoms with van der Waals surface area (Å²) in [5.41, 5.74) is -0.994. The highest BCUT2D eigenvalue weighted by atomic mass is 79.9. The van der Waals surface area contributed by atoms with Crippen molar-refractivity contribution in [1.82, 2.24) is 13.9 Å². The molecular weight excluding hydrogens is 611 g/mol. The summed E-state index contributed by atoms with van der Waals surface area (Å²) in [6, 6.07) is 6.18. The lowest BCUT2D eigenvalue weighted by atomic mass is 9.56. The van der Waals surface area contributed by atoms with Crippen LogP contribution in [0.1, 0.15) is 30.9 Å². The van der Waals surface area contributed by atoms with Crippen molar-refractivity contribution in [2.75, 3.05) is 12.0 Å². The van der Waals surface area contributed by atoms with Gasteiger partial charge in [-0.15, -0.1) is 0 Å². The van der Waals surface area contributed by atoms with Crippen LogP contribution in [0.5, 0.6) is 11.5 Å². The van der Waals surface area contributed by atoms with Crippen LogP contribution in [0.2, 0.25) is 5.02 Å². The Kier molecular flexibility index (Phi) is 5.94. The molecule has 3 aromatic rings. The molecule has 2 aromatic carbocycles. The minimum Gasteiger partial charge on any atom is -0.503 e. The maximum atomic E-state index is 14.3. The molecule has 0 unspecified atom stereocenters. The molecular formula is C27H23BrClFN4O6. The number of fused-ring (bicyclic) bond motifs is 4. The van der Waals surface area contributed by atoms with Gasteiger partial charge in [-0.3, -0.25) is 9.59 Å². The van der Waals surface area contributed by atoms with E-state index in [9.17, 15) is 28.7 Å².